The van der Waals surface area contributed by atoms with Gasteiger partial charge >= 0.3 is 7.12 Å². The molecule has 45 heavy (non-hydrogen) atoms. The fourth-order valence-electron chi connectivity index (χ4n) is 7.39. The molecule has 1 fully saturated rings. The number of furan rings is 1. The van der Waals surface area contributed by atoms with Crippen molar-refractivity contribution in [1.82, 2.24) is 0 Å². The van der Waals surface area contributed by atoms with E-state index in [-0.39, 0.29) is 0 Å². The van der Waals surface area contributed by atoms with Gasteiger partial charge in [0.15, 0.2) is 0 Å². The first kappa shape index (κ1) is 28.5. The fourth-order valence-corrected chi connectivity index (χ4v) is 7.39. The smallest absolute Gasteiger partial charge is 0.456 e. The molecule has 1 saturated heterocycles. The van der Waals surface area contributed by atoms with E-state index >= 15 is 0 Å². The van der Waals surface area contributed by atoms with Crippen LogP contribution >= 0.6 is 0 Å². The molecule has 1 aliphatic carbocycles. The van der Waals surface area contributed by atoms with E-state index in [2.05, 4.69) is 100 Å². The molecule has 2 aliphatic rings. The summed E-state index contributed by atoms with van der Waals surface area (Å²) in [5.41, 5.74) is 7.71. The van der Waals surface area contributed by atoms with Crippen molar-refractivity contribution in [2.75, 3.05) is 0 Å². The second-order valence-corrected chi connectivity index (χ2v) is 13.4. The highest BCUT2D eigenvalue weighted by Crippen LogP contribution is 2.60. The zero-order chi connectivity index (χ0) is 31.4. The van der Waals surface area contributed by atoms with Crippen LogP contribution < -0.4 is 5.46 Å². The summed E-state index contributed by atoms with van der Waals surface area (Å²) in [4.78, 5) is 0. The molecule has 5 aromatic carbocycles. The Hall–Kier alpha value is -3.92. The molecule has 6 aromatic rings. The standard InChI is InChI=1S/C38H30B4O3/c1-35(2)36(3,4)45-42(44-35)32-18-10-15-29-28-14-9-13-25(33(28)43-34(29)32)23-19-21-24(22-20-23)37(38(39,40)41)30-16-7-5-11-26(30)27-12-6-8-17-31(27)37/h5-22H,1-4H3. The number of rotatable bonds is 4. The summed E-state index contributed by atoms with van der Waals surface area (Å²) in [6.45, 7) is 8.24. The maximum Gasteiger partial charge on any atom is 0.498 e. The molecule has 8 rings (SSSR count). The Morgan fingerprint density at radius 2 is 1.07 bits per heavy atom. The van der Waals surface area contributed by atoms with E-state index in [0.29, 0.717) is 0 Å². The van der Waals surface area contributed by atoms with E-state index < -0.39 is 28.8 Å². The third kappa shape index (κ3) is 3.90. The Bertz CT molecular complexity index is 2060. The maximum absolute atomic E-state index is 6.72. The van der Waals surface area contributed by atoms with Crippen molar-refractivity contribution in [2.24, 2.45) is 0 Å². The lowest BCUT2D eigenvalue weighted by Gasteiger charge is -2.46. The van der Waals surface area contributed by atoms with Gasteiger partial charge in [-0.1, -0.05) is 109 Å². The number of hydrogen-bond acceptors (Lipinski definition) is 3. The molecule has 0 spiro atoms. The van der Waals surface area contributed by atoms with Crippen LogP contribution in [0.2, 0.25) is 5.11 Å². The number of hydrogen-bond donors (Lipinski definition) is 0. The van der Waals surface area contributed by atoms with Gasteiger partial charge in [0.1, 0.15) is 11.2 Å². The quantitative estimate of drug-likeness (QED) is 0.204. The molecule has 1 aromatic heterocycles. The van der Waals surface area contributed by atoms with Crippen LogP contribution in [0.3, 0.4) is 0 Å². The molecule has 1 aliphatic heterocycles. The Labute approximate surface area is 268 Å². The van der Waals surface area contributed by atoms with Crippen molar-refractivity contribution in [3.8, 4) is 22.3 Å². The number of benzene rings is 5. The Kier molecular flexibility index (Phi) is 6.06. The minimum absolute atomic E-state index is 0.454. The monoisotopic (exact) mass is 578 g/mol. The van der Waals surface area contributed by atoms with Crippen molar-refractivity contribution in [3.63, 3.8) is 0 Å². The summed E-state index contributed by atoms with van der Waals surface area (Å²) in [6, 6.07) is 37.3. The summed E-state index contributed by atoms with van der Waals surface area (Å²) in [5, 5.41) is 0.484. The SMILES string of the molecule is [B]C([B])([B])C1(c2ccc(-c3cccc4c3oc3c(B5OC(C)(C)C(C)(C)O5)cccc34)cc2)c2ccccc2-c2ccccc21. The van der Waals surface area contributed by atoms with Crippen molar-refractivity contribution >= 4 is 58.1 Å². The zero-order valence-corrected chi connectivity index (χ0v) is 25.9. The van der Waals surface area contributed by atoms with E-state index in [9.17, 15) is 0 Å². The molecule has 0 saturated carbocycles. The summed E-state index contributed by atoms with van der Waals surface area (Å²) >= 11 is 0. The zero-order valence-electron chi connectivity index (χ0n) is 25.9. The first-order valence-electron chi connectivity index (χ1n) is 15.4. The third-order valence-corrected chi connectivity index (χ3v) is 10.3. The molecule has 212 valence electrons. The largest absolute Gasteiger partial charge is 0.498 e. The van der Waals surface area contributed by atoms with Gasteiger partial charge in [-0.05, 0) is 61.1 Å². The lowest BCUT2D eigenvalue weighted by Crippen LogP contribution is -2.42. The minimum Gasteiger partial charge on any atom is -0.456 e. The van der Waals surface area contributed by atoms with Gasteiger partial charge in [-0.15, -0.1) is 5.11 Å². The third-order valence-electron chi connectivity index (χ3n) is 10.3. The highest BCUT2D eigenvalue weighted by molar-refractivity contribution is 6.65. The Morgan fingerprint density at radius 1 is 0.556 bits per heavy atom. The number of fused-ring (bicyclic) bond motifs is 6. The van der Waals surface area contributed by atoms with Crippen molar-refractivity contribution in [1.29, 1.82) is 0 Å². The molecule has 0 amide bonds. The second-order valence-electron chi connectivity index (χ2n) is 13.4. The van der Waals surface area contributed by atoms with Gasteiger partial charge in [-0.2, -0.15) is 0 Å². The first-order chi connectivity index (χ1) is 21.4. The van der Waals surface area contributed by atoms with E-state index in [1.165, 1.54) is 0 Å². The second kappa shape index (κ2) is 9.55. The van der Waals surface area contributed by atoms with Crippen LogP contribution in [0.5, 0.6) is 0 Å². The van der Waals surface area contributed by atoms with Gasteiger partial charge in [0.2, 0.25) is 0 Å². The van der Waals surface area contributed by atoms with E-state index in [1.54, 1.807) is 0 Å². The van der Waals surface area contributed by atoms with Gasteiger partial charge in [0.05, 0.1) is 34.7 Å². The molecule has 6 radical (unpaired) electrons. The van der Waals surface area contributed by atoms with Crippen LogP contribution in [0.4, 0.5) is 0 Å². The molecule has 7 heteroatoms. The van der Waals surface area contributed by atoms with E-state index in [4.69, 9.17) is 37.3 Å². The van der Waals surface area contributed by atoms with Crippen molar-refractivity contribution < 1.29 is 13.7 Å². The highest BCUT2D eigenvalue weighted by Gasteiger charge is 2.53. The van der Waals surface area contributed by atoms with Crippen LogP contribution in [0.1, 0.15) is 44.4 Å². The fraction of sp³-hybridized carbons (Fsp3) is 0.211. The molecule has 0 bridgehead atoms. The van der Waals surface area contributed by atoms with Gasteiger partial charge in [0.25, 0.3) is 0 Å². The molecule has 0 atom stereocenters. The van der Waals surface area contributed by atoms with Crippen molar-refractivity contribution in [2.45, 2.75) is 49.4 Å². The van der Waals surface area contributed by atoms with Crippen molar-refractivity contribution in [3.05, 3.63) is 126 Å². The van der Waals surface area contributed by atoms with Crippen LogP contribution in [-0.4, -0.2) is 41.9 Å². The number of para-hydroxylation sites is 2. The minimum atomic E-state index is -1.57. The lowest BCUT2D eigenvalue weighted by atomic mass is 9.30. The summed E-state index contributed by atoms with van der Waals surface area (Å²) in [6.07, 6.45) is 0. The summed E-state index contributed by atoms with van der Waals surface area (Å²) < 4.78 is 19.5. The predicted molar refractivity (Wildman–Crippen MR) is 187 cm³/mol. The average molecular weight is 578 g/mol. The molecule has 0 N–H and O–H groups in total. The molecule has 0 unspecified atom stereocenters. The molecule has 2 heterocycles. The summed E-state index contributed by atoms with van der Waals surface area (Å²) in [7, 11) is 19.6. The van der Waals surface area contributed by atoms with Gasteiger partial charge < -0.3 is 13.7 Å². The highest BCUT2D eigenvalue weighted by atomic mass is 16.7. The van der Waals surface area contributed by atoms with Crippen LogP contribution in [-0.2, 0) is 14.7 Å². The normalized spacial score (nSPS) is 17.9. The molecular weight excluding hydrogens is 548 g/mol. The van der Waals surface area contributed by atoms with E-state index in [1.807, 2.05) is 36.4 Å². The topological polar surface area (TPSA) is 31.6 Å². The molecule has 3 nitrogen and oxygen atoms in total. The maximum atomic E-state index is 6.72. The Morgan fingerprint density at radius 3 is 1.64 bits per heavy atom. The lowest BCUT2D eigenvalue weighted by molar-refractivity contribution is 0.00578. The van der Waals surface area contributed by atoms with Crippen LogP contribution in [0, 0.1) is 0 Å². The summed E-state index contributed by atoms with van der Waals surface area (Å²) in [5.74, 6) is 0. The van der Waals surface area contributed by atoms with Gasteiger partial charge in [-0.25, -0.2) is 0 Å². The van der Waals surface area contributed by atoms with Gasteiger partial charge in [-0.3, -0.25) is 0 Å². The van der Waals surface area contributed by atoms with E-state index in [0.717, 1.165) is 66.3 Å². The van der Waals surface area contributed by atoms with Crippen LogP contribution in [0.15, 0.2) is 114 Å². The average Bonchev–Trinajstić information content (AvgIpc) is 3.62. The van der Waals surface area contributed by atoms with Crippen LogP contribution in [0.25, 0.3) is 44.2 Å². The van der Waals surface area contributed by atoms with Gasteiger partial charge in [0, 0.05) is 27.2 Å². The predicted octanol–water partition coefficient (Wildman–Crippen LogP) is 7.45. The molecular formula is C38H30B4O3. The first-order valence-corrected chi connectivity index (χ1v) is 15.4. The Balaban J connectivity index is 1.27.